The Morgan fingerprint density at radius 2 is 1.88 bits per heavy atom. The molecule has 132 valence electrons. The Bertz CT molecular complexity index is 823. The van der Waals surface area contributed by atoms with Gasteiger partial charge in [0, 0.05) is 18.2 Å². The van der Waals surface area contributed by atoms with Gasteiger partial charge >= 0.3 is 0 Å². The zero-order valence-corrected chi connectivity index (χ0v) is 14.8. The van der Waals surface area contributed by atoms with E-state index in [1.54, 1.807) is 18.2 Å². The summed E-state index contributed by atoms with van der Waals surface area (Å²) >= 11 is -2.29. The van der Waals surface area contributed by atoms with Crippen molar-refractivity contribution >= 4 is 29.6 Å². The summed E-state index contributed by atoms with van der Waals surface area (Å²) in [6.07, 6.45) is 3.55. The molecule has 25 heavy (non-hydrogen) atoms. The third-order valence-corrected chi connectivity index (χ3v) is 4.12. The number of aldehydes is 1. The lowest BCUT2D eigenvalue weighted by Crippen LogP contribution is -2.23. The monoisotopic (exact) mass is 363 g/mol. The van der Waals surface area contributed by atoms with Crippen LogP contribution in [0.5, 0.6) is 0 Å². The highest BCUT2D eigenvalue weighted by Gasteiger charge is 2.20. The van der Waals surface area contributed by atoms with Crippen molar-refractivity contribution in [3.8, 4) is 11.3 Å². The summed E-state index contributed by atoms with van der Waals surface area (Å²) in [4.78, 5) is 19.5. The van der Waals surface area contributed by atoms with E-state index in [-0.39, 0.29) is 17.7 Å². The summed E-state index contributed by atoms with van der Waals surface area (Å²) in [5.74, 6) is -0.361. The van der Waals surface area contributed by atoms with Crippen LogP contribution in [0.4, 0.5) is 10.3 Å². The van der Waals surface area contributed by atoms with Crippen LogP contribution in [0.3, 0.4) is 0 Å². The van der Waals surface area contributed by atoms with Crippen LogP contribution < -0.4 is 4.31 Å². The number of hydrogen-bond donors (Lipinski definition) is 1. The first-order valence-corrected chi connectivity index (χ1v) is 8.56. The van der Waals surface area contributed by atoms with E-state index in [2.05, 4.69) is 9.97 Å². The van der Waals surface area contributed by atoms with Gasteiger partial charge in [-0.1, -0.05) is 13.8 Å². The summed E-state index contributed by atoms with van der Waals surface area (Å²) in [5.41, 5.74) is 2.27. The van der Waals surface area contributed by atoms with Gasteiger partial charge in [0.15, 0.2) is 0 Å². The van der Waals surface area contributed by atoms with E-state index in [1.165, 1.54) is 25.3 Å². The van der Waals surface area contributed by atoms with E-state index in [1.807, 2.05) is 13.8 Å². The van der Waals surface area contributed by atoms with Crippen LogP contribution in [-0.2, 0) is 16.1 Å². The first-order chi connectivity index (χ1) is 11.8. The van der Waals surface area contributed by atoms with Crippen molar-refractivity contribution in [2.75, 3.05) is 11.4 Å². The number of benzene rings is 1. The predicted octanol–water partition coefficient (Wildman–Crippen LogP) is 3.19. The van der Waals surface area contributed by atoms with Gasteiger partial charge in [-0.3, -0.25) is 9.35 Å². The van der Waals surface area contributed by atoms with Crippen molar-refractivity contribution in [2.24, 2.45) is 0 Å². The Morgan fingerprint density at radius 1 is 1.24 bits per heavy atom. The minimum absolute atomic E-state index is 0.0345. The second-order valence-corrected chi connectivity index (χ2v) is 6.57. The SMILES string of the molecule is CC(C)c1nc(N(C)S(=O)O)nc(-c2ccc(F)cc2)c1C=CC=O. The number of rotatable bonds is 6. The van der Waals surface area contributed by atoms with E-state index in [0.29, 0.717) is 28.8 Å². The van der Waals surface area contributed by atoms with Crippen molar-refractivity contribution in [1.29, 1.82) is 0 Å². The second-order valence-electron chi connectivity index (χ2n) is 5.56. The van der Waals surface area contributed by atoms with E-state index in [9.17, 15) is 17.9 Å². The van der Waals surface area contributed by atoms with Crippen LogP contribution in [0.2, 0.25) is 0 Å². The van der Waals surface area contributed by atoms with E-state index in [0.717, 1.165) is 4.31 Å². The van der Waals surface area contributed by atoms with Gasteiger partial charge in [-0.15, -0.1) is 0 Å². The molecule has 1 unspecified atom stereocenters. The molecule has 0 fully saturated rings. The van der Waals surface area contributed by atoms with Crippen molar-refractivity contribution in [1.82, 2.24) is 9.97 Å². The van der Waals surface area contributed by atoms with Crippen LogP contribution in [0.1, 0.15) is 31.0 Å². The molecule has 6 nitrogen and oxygen atoms in total. The van der Waals surface area contributed by atoms with Gasteiger partial charge in [-0.25, -0.2) is 22.9 Å². The normalized spacial score (nSPS) is 12.6. The Kier molecular flexibility index (Phi) is 6.11. The van der Waals surface area contributed by atoms with Gasteiger partial charge in [-0.05, 0) is 42.3 Å². The Labute approximate surface area is 147 Å². The number of carbonyl (C=O) groups is 1. The Balaban J connectivity index is 2.78. The first-order valence-electron chi connectivity index (χ1n) is 7.49. The first kappa shape index (κ1) is 18.9. The fraction of sp³-hybridized carbons (Fsp3) is 0.235. The highest BCUT2D eigenvalue weighted by atomic mass is 32.2. The quantitative estimate of drug-likeness (QED) is 0.484. The zero-order valence-electron chi connectivity index (χ0n) is 14.0. The standard InChI is InChI=1S/C17H18FN3O3S/c1-11(2)15-14(5-4-10-22)16(12-6-8-13(18)9-7-12)20-17(19-15)21(3)25(23)24/h4-11H,1-3H3,(H,23,24). The largest absolute Gasteiger partial charge is 0.299 e. The number of hydrogen-bond acceptors (Lipinski definition) is 4. The smallest absolute Gasteiger partial charge is 0.264 e. The lowest BCUT2D eigenvalue weighted by atomic mass is 9.98. The van der Waals surface area contributed by atoms with Gasteiger partial charge in [0.2, 0.25) is 5.95 Å². The van der Waals surface area contributed by atoms with Crippen molar-refractivity contribution in [3.63, 3.8) is 0 Å². The van der Waals surface area contributed by atoms with Crippen molar-refractivity contribution in [2.45, 2.75) is 19.8 Å². The number of halogens is 1. The molecule has 2 aromatic rings. The summed E-state index contributed by atoms with van der Waals surface area (Å²) in [7, 11) is 1.39. The molecule has 0 aliphatic carbocycles. The predicted molar refractivity (Wildman–Crippen MR) is 95.8 cm³/mol. The summed E-state index contributed by atoms with van der Waals surface area (Å²) < 4.78 is 35.0. The molecule has 1 N–H and O–H groups in total. The molecule has 0 amide bonds. The second kappa shape index (κ2) is 8.09. The topological polar surface area (TPSA) is 83.4 Å². The average molecular weight is 363 g/mol. The summed E-state index contributed by atoms with van der Waals surface area (Å²) in [6.45, 7) is 3.82. The molecule has 0 radical (unpaired) electrons. The maximum atomic E-state index is 13.3. The highest BCUT2D eigenvalue weighted by molar-refractivity contribution is 7.80. The van der Waals surface area contributed by atoms with Crippen molar-refractivity contribution in [3.05, 3.63) is 47.4 Å². The number of allylic oxidation sites excluding steroid dienone is 1. The molecule has 0 saturated heterocycles. The maximum Gasteiger partial charge on any atom is 0.264 e. The molecule has 1 heterocycles. The fourth-order valence-corrected chi connectivity index (χ4v) is 2.47. The fourth-order valence-electron chi connectivity index (χ4n) is 2.25. The molecule has 0 bridgehead atoms. The highest BCUT2D eigenvalue weighted by Crippen LogP contribution is 2.31. The number of carbonyl (C=O) groups excluding carboxylic acids is 1. The molecule has 0 spiro atoms. The third kappa shape index (κ3) is 4.34. The molecule has 8 heteroatoms. The van der Waals surface area contributed by atoms with E-state index >= 15 is 0 Å². The third-order valence-electron chi connectivity index (χ3n) is 3.49. The van der Waals surface area contributed by atoms with Crippen LogP contribution in [0.25, 0.3) is 17.3 Å². The molecule has 2 rings (SSSR count). The van der Waals surface area contributed by atoms with Crippen LogP contribution in [-0.4, -0.2) is 32.1 Å². The van der Waals surface area contributed by atoms with Gasteiger partial charge in [-0.2, -0.15) is 0 Å². The minimum Gasteiger partial charge on any atom is -0.299 e. The van der Waals surface area contributed by atoms with E-state index in [4.69, 9.17) is 0 Å². The molecule has 1 aromatic heterocycles. The van der Waals surface area contributed by atoms with Gasteiger partial charge < -0.3 is 0 Å². The molecular weight excluding hydrogens is 345 g/mol. The molecule has 0 aliphatic heterocycles. The maximum absolute atomic E-state index is 13.3. The van der Waals surface area contributed by atoms with Gasteiger partial charge in [0.1, 0.15) is 12.1 Å². The van der Waals surface area contributed by atoms with Crippen LogP contribution >= 0.6 is 0 Å². The average Bonchev–Trinajstić information content (AvgIpc) is 2.59. The number of aromatic nitrogens is 2. The molecule has 0 saturated carbocycles. The van der Waals surface area contributed by atoms with E-state index < -0.39 is 11.3 Å². The molecule has 1 atom stereocenters. The number of nitrogens with zero attached hydrogens (tertiary/aromatic N) is 3. The van der Waals surface area contributed by atoms with Gasteiger partial charge in [0.05, 0.1) is 11.4 Å². The van der Waals surface area contributed by atoms with Crippen LogP contribution in [0, 0.1) is 5.82 Å². The zero-order chi connectivity index (χ0) is 18.6. The lowest BCUT2D eigenvalue weighted by molar-refractivity contribution is -0.104. The Morgan fingerprint density at radius 3 is 2.40 bits per heavy atom. The van der Waals surface area contributed by atoms with Crippen LogP contribution in [0.15, 0.2) is 30.3 Å². The summed E-state index contributed by atoms with van der Waals surface area (Å²) in [5, 5.41) is 0. The van der Waals surface area contributed by atoms with Crippen molar-refractivity contribution < 1.29 is 17.9 Å². The molecular formula is C17H18FN3O3S. The number of anilines is 1. The molecule has 1 aromatic carbocycles. The van der Waals surface area contributed by atoms with Gasteiger partial charge in [0.25, 0.3) is 11.3 Å². The molecule has 0 aliphatic rings. The summed E-state index contributed by atoms with van der Waals surface area (Å²) in [6, 6.07) is 5.71. The lowest BCUT2D eigenvalue weighted by Gasteiger charge is -2.19. The minimum atomic E-state index is -2.29. The Hall–Kier alpha value is -2.45.